The Labute approximate surface area is 142 Å². The van der Waals surface area contributed by atoms with Gasteiger partial charge in [-0.1, -0.05) is 6.92 Å². The quantitative estimate of drug-likeness (QED) is 0.560. The number of piperidine rings is 1. The van der Waals surface area contributed by atoms with Crippen molar-refractivity contribution in [3.8, 4) is 0 Å². The average Bonchev–Trinajstić information content (AvgIpc) is 2.59. The molecule has 0 radical (unpaired) electrons. The number of β-amino-alcohol motifs (C(OH)–C–C–N with tert-alkyl or cyclic N) is 1. The monoisotopic (exact) mass is 355 g/mol. The van der Waals surface area contributed by atoms with Gasteiger partial charge >= 0.3 is 0 Å². The molecule has 1 unspecified atom stereocenters. The molecule has 7 nitrogen and oxygen atoms in total. The average molecular weight is 355 g/mol. The number of hydrogen-bond acceptors (Lipinski definition) is 5. The fraction of sp³-hybridized carbons (Fsp3) is 0.562. The largest absolute Gasteiger partial charge is 0.387 e. The van der Waals surface area contributed by atoms with E-state index < -0.39 is 15.6 Å². The SMILES string of the molecule is CCCNS(=O)(=O)c1ccc(C(=O)NCC2(O)CCCNC2)cc1. The van der Waals surface area contributed by atoms with Gasteiger partial charge in [0.05, 0.1) is 10.5 Å². The van der Waals surface area contributed by atoms with E-state index in [1.807, 2.05) is 6.92 Å². The van der Waals surface area contributed by atoms with Gasteiger partial charge in [-0.15, -0.1) is 0 Å². The van der Waals surface area contributed by atoms with Crippen molar-refractivity contribution in [3.63, 3.8) is 0 Å². The van der Waals surface area contributed by atoms with Gasteiger partial charge in [0.15, 0.2) is 0 Å². The molecule has 1 saturated heterocycles. The lowest BCUT2D eigenvalue weighted by Gasteiger charge is -2.32. The van der Waals surface area contributed by atoms with Crippen LogP contribution in [0.2, 0.25) is 0 Å². The summed E-state index contributed by atoms with van der Waals surface area (Å²) in [6.45, 7) is 3.74. The van der Waals surface area contributed by atoms with Gasteiger partial charge in [0.2, 0.25) is 10.0 Å². The normalized spacial score (nSPS) is 21.4. The van der Waals surface area contributed by atoms with E-state index in [2.05, 4.69) is 15.4 Å². The lowest BCUT2D eigenvalue weighted by Crippen LogP contribution is -2.52. The van der Waals surface area contributed by atoms with E-state index in [-0.39, 0.29) is 17.3 Å². The lowest BCUT2D eigenvalue weighted by atomic mass is 9.94. The van der Waals surface area contributed by atoms with Gasteiger partial charge in [-0.05, 0) is 50.1 Å². The van der Waals surface area contributed by atoms with Crippen molar-refractivity contribution in [2.24, 2.45) is 0 Å². The van der Waals surface area contributed by atoms with Crippen LogP contribution in [0.5, 0.6) is 0 Å². The molecule has 1 amide bonds. The van der Waals surface area contributed by atoms with E-state index in [1.165, 1.54) is 24.3 Å². The highest BCUT2D eigenvalue weighted by Crippen LogP contribution is 2.15. The first-order chi connectivity index (χ1) is 11.4. The number of carbonyl (C=O) groups excluding carboxylic acids is 1. The molecule has 1 fully saturated rings. The van der Waals surface area contributed by atoms with Crippen LogP contribution in [-0.2, 0) is 10.0 Å². The first-order valence-electron chi connectivity index (χ1n) is 8.17. The van der Waals surface area contributed by atoms with Crippen molar-refractivity contribution in [2.75, 3.05) is 26.2 Å². The maximum Gasteiger partial charge on any atom is 0.251 e. The third kappa shape index (κ3) is 5.01. The van der Waals surface area contributed by atoms with Crippen LogP contribution in [0.25, 0.3) is 0 Å². The van der Waals surface area contributed by atoms with Crippen LogP contribution in [0.1, 0.15) is 36.5 Å². The molecule has 1 aromatic carbocycles. The molecule has 0 spiro atoms. The molecule has 0 aliphatic carbocycles. The smallest absolute Gasteiger partial charge is 0.251 e. The molecule has 1 aliphatic rings. The number of rotatable bonds is 7. The van der Waals surface area contributed by atoms with E-state index in [0.717, 1.165) is 13.0 Å². The zero-order valence-electron chi connectivity index (χ0n) is 13.8. The Morgan fingerprint density at radius 1 is 1.33 bits per heavy atom. The Hall–Kier alpha value is -1.48. The second-order valence-electron chi connectivity index (χ2n) is 6.11. The van der Waals surface area contributed by atoms with E-state index in [0.29, 0.717) is 31.5 Å². The summed E-state index contributed by atoms with van der Waals surface area (Å²) in [5.74, 6) is -0.334. The molecular formula is C16H25N3O4S. The first-order valence-corrected chi connectivity index (χ1v) is 9.66. The molecule has 24 heavy (non-hydrogen) atoms. The Bertz CT molecular complexity index is 652. The summed E-state index contributed by atoms with van der Waals surface area (Å²) in [5, 5.41) is 16.1. The molecule has 134 valence electrons. The molecule has 8 heteroatoms. The first kappa shape index (κ1) is 18.9. The highest BCUT2D eigenvalue weighted by molar-refractivity contribution is 7.89. The van der Waals surface area contributed by atoms with Crippen LogP contribution >= 0.6 is 0 Å². The van der Waals surface area contributed by atoms with Gasteiger partial charge in [-0.25, -0.2) is 13.1 Å². The highest BCUT2D eigenvalue weighted by atomic mass is 32.2. The van der Waals surface area contributed by atoms with Crippen molar-refractivity contribution in [2.45, 2.75) is 36.7 Å². The summed E-state index contributed by atoms with van der Waals surface area (Å²) >= 11 is 0. The van der Waals surface area contributed by atoms with Crippen LogP contribution < -0.4 is 15.4 Å². The molecule has 0 aromatic heterocycles. The van der Waals surface area contributed by atoms with E-state index in [1.54, 1.807) is 0 Å². The molecule has 1 aromatic rings. The van der Waals surface area contributed by atoms with Crippen LogP contribution in [0.15, 0.2) is 29.2 Å². The molecule has 1 heterocycles. The molecule has 1 aliphatic heterocycles. The number of aliphatic hydroxyl groups is 1. The Morgan fingerprint density at radius 2 is 2.04 bits per heavy atom. The molecule has 0 bridgehead atoms. The molecular weight excluding hydrogens is 330 g/mol. The maximum atomic E-state index is 12.2. The maximum absolute atomic E-state index is 12.2. The van der Waals surface area contributed by atoms with E-state index in [4.69, 9.17) is 0 Å². The third-order valence-electron chi connectivity index (χ3n) is 4.00. The minimum absolute atomic E-state index is 0.127. The predicted octanol–water partition coefficient (Wildman–Crippen LogP) is 0.219. The van der Waals surface area contributed by atoms with Gasteiger partial charge in [-0.2, -0.15) is 0 Å². The third-order valence-corrected chi connectivity index (χ3v) is 5.47. The summed E-state index contributed by atoms with van der Waals surface area (Å²) in [5.41, 5.74) is -0.571. The zero-order valence-corrected chi connectivity index (χ0v) is 14.7. The van der Waals surface area contributed by atoms with Gasteiger partial charge in [-0.3, -0.25) is 4.79 Å². The second-order valence-corrected chi connectivity index (χ2v) is 7.88. The molecule has 2 rings (SSSR count). The van der Waals surface area contributed by atoms with Crippen molar-refractivity contribution in [1.29, 1.82) is 0 Å². The van der Waals surface area contributed by atoms with Crippen molar-refractivity contribution in [1.82, 2.24) is 15.4 Å². The number of amides is 1. The Morgan fingerprint density at radius 3 is 2.62 bits per heavy atom. The summed E-state index contributed by atoms with van der Waals surface area (Å²) in [6, 6.07) is 5.76. The van der Waals surface area contributed by atoms with Gasteiger partial charge < -0.3 is 15.7 Å². The standard InChI is InChI=1S/C16H25N3O4S/c1-2-9-19-24(22,23)14-6-4-13(5-7-14)15(20)18-12-16(21)8-3-10-17-11-16/h4-7,17,19,21H,2-3,8-12H2,1H3,(H,18,20). The minimum atomic E-state index is -3.53. The zero-order chi connectivity index (χ0) is 17.6. The summed E-state index contributed by atoms with van der Waals surface area (Å²) in [4.78, 5) is 12.3. The van der Waals surface area contributed by atoms with Crippen molar-refractivity contribution >= 4 is 15.9 Å². The van der Waals surface area contributed by atoms with Crippen LogP contribution in [0.4, 0.5) is 0 Å². The Kier molecular flexibility index (Phi) is 6.34. The van der Waals surface area contributed by atoms with Gasteiger partial charge in [0.25, 0.3) is 5.91 Å². The van der Waals surface area contributed by atoms with Gasteiger partial charge in [0.1, 0.15) is 0 Å². The molecule has 1 atom stereocenters. The highest BCUT2D eigenvalue weighted by Gasteiger charge is 2.29. The topological polar surface area (TPSA) is 108 Å². The van der Waals surface area contributed by atoms with E-state index in [9.17, 15) is 18.3 Å². The second kappa shape index (κ2) is 8.06. The lowest BCUT2D eigenvalue weighted by molar-refractivity contribution is 0.0170. The number of hydrogen-bond donors (Lipinski definition) is 4. The van der Waals surface area contributed by atoms with Crippen LogP contribution in [0.3, 0.4) is 0 Å². The number of benzene rings is 1. The van der Waals surface area contributed by atoms with Gasteiger partial charge in [0, 0.05) is 25.2 Å². The predicted molar refractivity (Wildman–Crippen MR) is 91.3 cm³/mol. The fourth-order valence-electron chi connectivity index (χ4n) is 2.55. The summed E-state index contributed by atoms with van der Waals surface area (Å²) in [6.07, 6.45) is 2.21. The number of carbonyl (C=O) groups is 1. The Balaban J connectivity index is 1.96. The van der Waals surface area contributed by atoms with Crippen LogP contribution in [0, 0.1) is 0 Å². The van der Waals surface area contributed by atoms with E-state index >= 15 is 0 Å². The number of nitrogens with one attached hydrogen (secondary N) is 3. The summed E-state index contributed by atoms with van der Waals surface area (Å²) < 4.78 is 26.5. The molecule has 0 saturated carbocycles. The fourth-order valence-corrected chi connectivity index (χ4v) is 3.69. The van der Waals surface area contributed by atoms with Crippen LogP contribution in [-0.4, -0.2) is 51.2 Å². The number of sulfonamides is 1. The summed E-state index contributed by atoms with van der Waals surface area (Å²) in [7, 11) is -3.53. The van der Waals surface area contributed by atoms with Crippen molar-refractivity contribution < 1.29 is 18.3 Å². The van der Waals surface area contributed by atoms with Crippen molar-refractivity contribution in [3.05, 3.63) is 29.8 Å². The minimum Gasteiger partial charge on any atom is -0.387 e. The molecule has 4 N–H and O–H groups in total.